The largest absolute Gasteiger partial charge is 0.464 e. The van der Waals surface area contributed by atoms with Crippen LogP contribution < -0.4 is 15.1 Å². The molecule has 0 fully saturated rings. The van der Waals surface area contributed by atoms with Gasteiger partial charge in [0, 0.05) is 5.39 Å². The van der Waals surface area contributed by atoms with Gasteiger partial charge in [-0.15, -0.1) is 0 Å². The number of nitrogens with zero attached hydrogens (tertiary/aromatic N) is 2. The van der Waals surface area contributed by atoms with Crippen molar-refractivity contribution in [1.82, 2.24) is 9.66 Å². The fourth-order valence-corrected chi connectivity index (χ4v) is 4.25. The molecule has 0 aliphatic heterocycles. The van der Waals surface area contributed by atoms with Gasteiger partial charge in [-0.05, 0) is 30.5 Å². The van der Waals surface area contributed by atoms with E-state index in [1.54, 1.807) is 49.4 Å². The Hall–Kier alpha value is -3.39. The number of ether oxygens (including phenoxy) is 1. The Labute approximate surface area is 161 Å². The smallest absolute Gasteiger partial charge is 0.320 e. The van der Waals surface area contributed by atoms with Gasteiger partial charge < -0.3 is 4.74 Å². The first-order valence-electron chi connectivity index (χ1n) is 8.66. The van der Waals surface area contributed by atoms with Gasteiger partial charge in [0.25, 0.3) is 15.6 Å². The number of sulfonamides is 1. The van der Waals surface area contributed by atoms with Crippen LogP contribution in [0.25, 0.3) is 21.7 Å². The monoisotopic (exact) mass is 395 g/mol. The van der Waals surface area contributed by atoms with Gasteiger partial charge in [-0.1, -0.05) is 48.5 Å². The Kier molecular flexibility index (Phi) is 4.48. The molecule has 0 radical (unpaired) electrons. The zero-order chi connectivity index (χ0) is 19.7. The van der Waals surface area contributed by atoms with Crippen LogP contribution >= 0.6 is 0 Å². The van der Waals surface area contributed by atoms with Crippen molar-refractivity contribution in [2.24, 2.45) is 0 Å². The minimum absolute atomic E-state index is 0.0631. The number of fused-ring (bicyclic) bond motifs is 2. The molecule has 28 heavy (non-hydrogen) atoms. The molecule has 4 aromatic rings. The lowest BCUT2D eigenvalue weighted by atomic mass is 10.1. The Morgan fingerprint density at radius 1 is 0.964 bits per heavy atom. The predicted octanol–water partition coefficient (Wildman–Crippen LogP) is 2.88. The second-order valence-electron chi connectivity index (χ2n) is 6.06. The Morgan fingerprint density at radius 2 is 1.64 bits per heavy atom. The Bertz CT molecular complexity index is 1340. The van der Waals surface area contributed by atoms with E-state index in [-0.39, 0.29) is 22.9 Å². The summed E-state index contributed by atoms with van der Waals surface area (Å²) in [7, 11) is -4.08. The van der Waals surface area contributed by atoms with Crippen molar-refractivity contribution >= 4 is 31.7 Å². The van der Waals surface area contributed by atoms with Crippen LogP contribution in [0.15, 0.2) is 76.4 Å². The highest BCUT2D eigenvalue weighted by Crippen LogP contribution is 2.23. The minimum atomic E-state index is -4.08. The first-order valence-corrected chi connectivity index (χ1v) is 10.1. The van der Waals surface area contributed by atoms with Gasteiger partial charge in [-0.25, -0.2) is 4.83 Å². The van der Waals surface area contributed by atoms with Gasteiger partial charge in [0.2, 0.25) is 0 Å². The van der Waals surface area contributed by atoms with E-state index >= 15 is 0 Å². The molecule has 0 bridgehead atoms. The molecule has 3 aromatic carbocycles. The molecule has 7 nitrogen and oxygen atoms in total. The van der Waals surface area contributed by atoms with Gasteiger partial charge >= 0.3 is 6.01 Å². The van der Waals surface area contributed by atoms with Crippen molar-refractivity contribution in [3.05, 3.63) is 77.1 Å². The molecule has 8 heteroatoms. The van der Waals surface area contributed by atoms with Crippen LogP contribution in [0.4, 0.5) is 0 Å². The third-order valence-electron chi connectivity index (χ3n) is 4.27. The third-order valence-corrected chi connectivity index (χ3v) is 5.63. The molecule has 1 N–H and O–H groups in total. The highest BCUT2D eigenvalue weighted by molar-refractivity contribution is 7.92. The van der Waals surface area contributed by atoms with Crippen molar-refractivity contribution in [2.75, 3.05) is 11.4 Å². The van der Waals surface area contributed by atoms with Gasteiger partial charge in [0.15, 0.2) is 0 Å². The average Bonchev–Trinajstić information content (AvgIpc) is 2.70. The molecule has 142 valence electrons. The molecule has 0 unspecified atom stereocenters. The lowest BCUT2D eigenvalue weighted by Crippen LogP contribution is -2.35. The van der Waals surface area contributed by atoms with Crippen LogP contribution in [0.5, 0.6) is 6.01 Å². The van der Waals surface area contributed by atoms with Gasteiger partial charge in [0.05, 0.1) is 22.4 Å². The van der Waals surface area contributed by atoms with Crippen LogP contribution in [-0.4, -0.2) is 24.7 Å². The topological polar surface area (TPSA) is 90.3 Å². The van der Waals surface area contributed by atoms with Crippen molar-refractivity contribution in [2.45, 2.75) is 11.8 Å². The summed E-state index contributed by atoms with van der Waals surface area (Å²) in [6, 6.07) is 18.7. The molecular formula is C20H17N3O4S. The first kappa shape index (κ1) is 18.0. The molecule has 1 aromatic heterocycles. The van der Waals surface area contributed by atoms with Gasteiger partial charge in [-0.2, -0.15) is 18.1 Å². The average molecular weight is 395 g/mol. The zero-order valence-corrected chi connectivity index (χ0v) is 15.8. The number of benzene rings is 3. The Balaban J connectivity index is 1.90. The fraction of sp³-hybridized carbons (Fsp3) is 0.100. The van der Waals surface area contributed by atoms with E-state index in [1.165, 1.54) is 6.07 Å². The zero-order valence-electron chi connectivity index (χ0n) is 15.0. The molecule has 0 atom stereocenters. The van der Waals surface area contributed by atoms with E-state index < -0.39 is 15.6 Å². The third kappa shape index (κ3) is 3.07. The summed E-state index contributed by atoms with van der Waals surface area (Å²) >= 11 is 0. The number of rotatable bonds is 5. The molecule has 1 heterocycles. The molecular weight excluding hydrogens is 378 g/mol. The van der Waals surface area contributed by atoms with Gasteiger partial charge in [-0.3, -0.25) is 4.79 Å². The van der Waals surface area contributed by atoms with Crippen molar-refractivity contribution in [3.8, 4) is 6.01 Å². The van der Waals surface area contributed by atoms with E-state index in [0.29, 0.717) is 10.9 Å². The maximum Gasteiger partial charge on any atom is 0.320 e. The minimum Gasteiger partial charge on any atom is -0.464 e. The predicted molar refractivity (Wildman–Crippen MR) is 108 cm³/mol. The number of hydrogen-bond donors (Lipinski definition) is 1. The van der Waals surface area contributed by atoms with Crippen molar-refractivity contribution < 1.29 is 13.2 Å². The van der Waals surface area contributed by atoms with Crippen molar-refractivity contribution in [1.29, 1.82) is 0 Å². The van der Waals surface area contributed by atoms with Crippen molar-refractivity contribution in [3.63, 3.8) is 0 Å². The molecule has 0 saturated heterocycles. The summed E-state index contributed by atoms with van der Waals surface area (Å²) in [5.41, 5.74) is -0.130. The molecule has 0 aliphatic rings. The van der Waals surface area contributed by atoms with Crippen LogP contribution in [0.1, 0.15) is 6.92 Å². The van der Waals surface area contributed by atoms with E-state index in [9.17, 15) is 13.2 Å². The van der Waals surface area contributed by atoms with Crippen LogP contribution in [-0.2, 0) is 10.0 Å². The molecule has 4 rings (SSSR count). The molecule has 0 aliphatic carbocycles. The first-order chi connectivity index (χ1) is 13.5. The number of nitrogens with one attached hydrogen (secondary N) is 1. The van der Waals surface area contributed by atoms with E-state index in [2.05, 4.69) is 9.82 Å². The lowest BCUT2D eigenvalue weighted by Gasteiger charge is -2.16. The summed E-state index contributed by atoms with van der Waals surface area (Å²) in [5, 5.41) is 1.61. The normalized spacial score (nSPS) is 11.6. The van der Waals surface area contributed by atoms with Gasteiger partial charge in [0.1, 0.15) is 0 Å². The summed E-state index contributed by atoms with van der Waals surface area (Å²) in [4.78, 5) is 19.6. The number of aromatic nitrogens is 2. The summed E-state index contributed by atoms with van der Waals surface area (Å²) < 4.78 is 32.5. The van der Waals surface area contributed by atoms with Crippen LogP contribution in [0.2, 0.25) is 0 Å². The van der Waals surface area contributed by atoms with Crippen LogP contribution in [0.3, 0.4) is 0 Å². The summed E-state index contributed by atoms with van der Waals surface area (Å²) in [6.45, 7) is 1.95. The number of para-hydroxylation sites is 1. The lowest BCUT2D eigenvalue weighted by molar-refractivity contribution is 0.300. The molecule has 0 amide bonds. The van der Waals surface area contributed by atoms with E-state index in [0.717, 1.165) is 10.1 Å². The van der Waals surface area contributed by atoms with E-state index in [1.807, 2.05) is 18.2 Å². The second-order valence-corrected chi connectivity index (χ2v) is 7.69. The highest BCUT2D eigenvalue weighted by atomic mass is 32.2. The molecule has 0 spiro atoms. The Morgan fingerprint density at radius 3 is 2.43 bits per heavy atom. The summed E-state index contributed by atoms with van der Waals surface area (Å²) in [5.74, 6) is 0. The highest BCUT2D eigenvalue weighted by Gasteiger charge is 2.21. The standard InChI is InChI=1S/C20H17N3O4S/c1-2-27-20-21-17-12-6-5-11-16(17)19(24)23(20)22-28(25,26)18-13-7-9-14-8-3-4-10-15(14)18/h3-13,22H,2H2,1H3. The van der Waals surface area contributed by atoms with Crippen LogP contribution in [0, 0.1) is 0 Å². The quantitative estimate of drug-likeness (QED) is 0.561. The fourth-order valence-electron chi connectivity index (χ4n) is 3.02. The molecule has 0 saturated carbocycles. The SMILES string of the molecule is CCOc1nc2ccccc2c(=O)n1NS(=O)(=O)c1cccc2ccccc12. The maximum absolute atomic E-state index is 13.1. The maximum atomic E-state index is 13.1. The van der Waals surface area contributed by atoms with E-state index in [4.69, 9.17) is 4.74 Å². The summed E-state index contributed by atoms with van der Waals surface area (Å²) in [6.07, 6.45) is 0. The second kappa shape index (κ2) is 6.97. The number of hydrogen-bond acceptors (Lipinski definition) is 5.